The van der Waals surface area contributed by atoms with E-state index in [1.165, 1.54) is 25.3 Å². The average molecular weight is 292 g/mol. The molecule has 0 saturated heterocycles. The van der Waals surface area contributed by atoms with Gasteiger partial charge in [-0.2, -0.15) is 0 Å². The van der Waals surface area contributed by atoms with Crippen LogP contribution in [0.2, 0.25) is 0 Å². The van der Waals surface area contributed by atoms with Gasteiger partial charge >= 0.3 is 0 Å². The molecule has 2 aliphatic rings. The topological polar surface area (TPSA) is 33.3 Å². The van der Waals surface area contributed by atoms with Crippen molar-refractivity contribution in [3.8, 4) is 5.75 Å². The van der Waals surface area contributed by atoms with Gasteiger partial charge < -0.3 is 4.74 Å². The number of hydrogen-bond acceptors (Lipinski definition) is 3. The maximum atomic E-state index is 13.8. The third-order valence-corrected chi connectivity index (χ3v) is 4.39. The van der Waals surface area contributed by atoms with E-state index in [1.807, 2.05) is 12.1 Å². The molecule has 0 unspecified atom stereocenters. The summed E-state index contributed by atoms with van der Waals surface area (Å²) in [6.45, 7) is 3.79. The summed E-state index contributed by atoms with van der Waals surface area (Å²) in [4.78, 5) is 0. The van der Waals surface area contributed by atoms with Crippen LogP contribution in [0.3, 0.4) is 0 Å². The van der Waals surface area contributed by atoms with Crippen LogP contribution in [0.15, 0.2) is 18.2 Å². The van der Waals surface area contributed by atoms with Gasteiger partial charge in [0.1, 0.15) is 0 Å². The van der Waals surface area contributed by atoms with E-state index in [-0.39, 0.29) is 11.4 Å². The monoisotopic (exact) mass is 292 g/mol. The van der Waals surface area contributed by atoms with Gasteiger partial charge in [-0.3, -0.25) is 5.43 Å². The number of unbranched alkanes of at least 4 members (excludes halogenated alkanes) is 1. The molecule has 2 aliphatic carbocycles. The third kappa shape index (κ3) is 3.74. The van der Waals surface area contributed by atoms with Crippen LogP contribution in [0.4, 0.5) is 4.39 Å². The van der Waals surface area contributed by atoms with E-state index in [0.717, 1.165) is 31.4 Å². The Hall–Kier alpha value is -1.13. The number of benzene rings is 1. The molecule has 2 fully saturated rings. The first-order valence-electron chi connectivity index (χ1n) is 8.16. The lowest BCUT2D eigenvalue weighted by Crippen LogP contribution is -2.41. The molecule has 3 rings (SSSR count). The summed E-state index contributed by atoms with van der Waals surface area (Å²) in [5, 5.41) is 0. The van der Waals surface area contributed by atoms with E-state index >= 15 is 0 Å². The lowest BCUT2D eigenvalue weighted by atomic mass is 10.1. The van der Waals surface area contributed by atoms with Crippen LogP contribution in [0, 0.1) is 11.7 Å². The zero-order valence-electron chi connectivity index (χ0n) is 12.8. The summed E-state index contributed by atoms with van der Waals surface area (Å²) in [7, 11) is 0. The Labute approximate surface area is 126 Å². The Bertz CT molecular complexity index is 484. The van der Waals surface area contributed by atoms with E-state index < -0.39 is 0 Å². The van der Waals surface area contributed by atoms with E-state index in [2.05, 4.69) is 17.8 Å². The first kappa shape index (κ1) is 14.8. The summed E-state index contributed by atoms with van der Waals surface area (Å²) >= 11 is 0. The van der Waals surface area contributed by atoms with Crippen LogP contribution in [-0.2, 0) is 5.54 Å². The average Bonchev–Trinajstić information content (AvgIpc) is 3.37. The second-order valence-corrected chi connectivity index (χ2v) is 6.39. The van der Waals surface area contributed by atoms with Gasteiger partial charge in [-0.05, 0) is 55.7 Å². The van der Waals surface area contributed by atoms with Gasteiger partial charge in [0.05, 0.1) is 12.1 Å². The molecule has 0 atom stereocenters. The second-order valence-electron chi connectivity index (χ2n) is 6.39. The van der Waals surface area contributed by atoms with Gasteiger partial charge in [0.2, 0.25) is 0 Å². The van der Waals surface area contributed by atoms with Gasteiger partial charge in [-0.15, -0.1) is 0 Å². The molecule has 0 aliphatic heterocycles. The highest BCUT2D eigenvalue weighted by molar-refractivity contribution is 5.37. The van der Waals surface area contributed by atoms with Crippen molar-refractivity contribution in [2.45, 2.75) is 51.0 Å². The van der Waals surface area contributed by atoms with Crippen molar-refractivity contribution in [1.82, 2.24) is 10.9 Å². The molecule has 2 N–H and O–H groups in total. The van der Waals surface area contributed by atoms with Gasteiger partial charge in [-0.1, -0.05) is 19.4 Å². The number of ether oxygens (including phenoxy) is 1. The fourth-order valence-electron chi connectivity index (χ4n) is 2.51. The molecule has 1 aromatic carbocycles. The molecule has 0 aromatic heterocycles. The summed E-state index contributed by atoms with van der Waals surface area (Å²) in [6.07, 6.45) is 6.93. The van der Waals surface area contributed by atoms with Crippen molar-refractivity contribution in [1.29, 1.82) is 0 Å². The molecule has 1 aromatic rings. The Morgan fingerprint density at radius 2 is 2.14 bits per heavy atom. The van der Waals surface area contributed by atoms with Crippen LogP contribution in [-0.4, -0.2) is 13.2 Å². The van der Waals surface area contributed by atoms with Crippen LogP contribution in [0.5, 0.6) is 5.75 Å². The Kier molecular flexibility index (Phi) is 4.45. The van der Waals surface area contributed by atoms with Crippen molar-refractivity contribution in [2.24, 2.45) is 5.92 Å². The summed E-state index contributed by atoms with van der Waals surface area (Å²) in [6, 6.07) is 5.28. The number of rotatable bonds is 9. The van der Waals surface area contributed by atoms with Crippen molar-refractivity contribution in [2.75, 3.05) is 13.2 Å². The Morgan fingerprint density at radius 3 is 2.81 bits per heavy atom. The van der Waals surface area contributed by atoms with Gasteiger partial charge in [0.15, 0.2) is 11.6 Å². The third-order valence-electron chi connectivity index (χ3n) is 4.39. The predicted molar refractivity (Wildman–Crippen MR) is 81.6 cm³/mol. The zero-order valence-corrected chi connectivity index (χ0v) is 12.8. The SMILES string of the molecule is CCCCNNC1(c2ccc(F)c(OCC3CC3)c2)CC1. The quantitative estimate of drug-likeness (QED) is 0.540. The summed E-state index contributed by atoms with van der Waals surface area (Å²) in [5.41, 5.74) is 7.81. The molecule has 0 heterocycles. The highest BCUT2D eigenvalue weighted by atomic mass is 19.1. The van der Waals surface area contributed by atoms with E-state index in [4.69, 9.17) is 4.74 Å². The number of halogens is 1. The number of hydrazine groups is 1. The maximum Gasteiger partial charge on any atom is 0.165 e. The molecule has 0 spiro atoms. The lowest BCUT2D eigenvalue weighted by Gasteiger charge is -2.20. The molecule has 0 bridgehead atoms. The van der Waals surface area contributed by atoms with E-state index in [9.17, 15) is 4.39 Å². The minimum atomic E-state index is -0.255. The summed E-state index contributed by atoms with van der Waals surface area (Å²) < 4.78 is 19.5. The molecule has 21 heavy (non-hydrogen) atoms. The molecule has 4 heteroatoms. The van der Waals surface area contributed by atoms with Crippen LogP contribution >= 0.6 is 0 Å². The first-order valence-corrected chi connectivity index (χ1v) is 8.16. The fourth-order valence-corrected chi connectivity index (χ4v) is 2.51. The second kappa shape index (κ2) is 6.32. The zero-order chi connectivity index (χ0) is 14.7. The van der Waals surface area contributed by atoms with Crippen molar-refractivity contribution in [3.05, 3.63) is 29.6 Å². The molecule has 116 valence electrons. The maximum absolute atomic E-state index is 13.8. The molecule has 0 radical (unpaired) electrons. The Balaban J connectivity index is 1.62. The minimum absolute atomic E-state index is 0.0286. The summed E-state index contributed by atoms with van der Waals surface area (Å²) in [5.74, 6) is 0.784. The number of hydrogen-bond donors (Lipinski definition) is 2. The van der Waals surface area contributed by atoms with Gasteiger partial charge in [0, 0.05) is 6.54 Å². The van der Waals surface area contributed by atoms with Crippen LogP contribution in [0.1, 0.15) is 51.0 Å². The standard InChI is InChI=1S/C17H25FN2O/c1-2-3-10-19-20-17(8-9-17)14-6-7-15(18)16(11-14)21-12-13-4-5-13/h6-7,11,13,19-20H,2-5,8-10,12H2,1H3. The molecule has 0 amide bonds. The molecular weight excluding hydrogens is 267 g/mol. The first-order chi connectivity index (χ1) is 10.2. The fraction of sp³-hybridized carbons (Fsp3) is 0.647. The largest absolute Gasteiger partial charge is 0.490 e. The van der Waals surface area contributed by atoms with Crippen molar-refractivity contribution in [3.63, 3.8) is 0 Å². The number of nitrogens with one attached hydrogen (secondary N) is 2. The highest BCUT2D eigenvalue weighted by Gasteiger charge is 2.44. The lowest BCUT2D eigenvalue weighted by molar-refractivity contribution is 0.284. The van der Waals surface area contributed by atoms with Gasteiger partial charge in [0.25, 0.3) is 0 Å². The van der Waals surface area contributed by atoms with E-state index in [0.29, 0.717) is 18.3 Å². The smallest absolute Gasteiger partial charge is 0.165 e. The van der Waals surface area contributed by atoms with E-state index in [1.54, 1.807) is 0 Å². The minimum Gasteiger partial charge on any atom is -0.490 e. The molecule has 2 saturated carbocycles. The van der Waals surface area contributed by atoms with Crippen molar-refractivity contribution >= 4 is 0 Å². The van der Waals surface area contributed by atoms with Gasteiger partial charge in [-0.25, -0.2) is 9.82 Å². The normalized spacial score (nSPS) is 19.5. The molecular formula is C17H25FN2O. The predicted octanol–water partition coefficient (Wildman–Crippen LogP) is 3.50. The molecule has 3 nitrogen and oxygen atoms in total. The highest BCUT2D eigenvalue weighted by Crippen LogP contribution is 2.46. The van der Waals surface area contributed by atoms with Crippen LogP contribution in [0.25, 0.3) is 0 Å². The van der Waals surface area contributed by atoms with Crippen LogP contribution < -0.4 is 15.6 Å². The van der Waals surface area contributed by atoms with Crippen molar-refractivity contribution < 1.29 is 9.13 Å². The Morgan fingerprint density at radius 1 is 1.33 bits per heavy atom.